The van der Waals surface area contributed by atoms with E-state index < -0.39 is 69.2 Å². The van der Waals surface area contributed by atoms with E-state index in [1.807, 2.05) is 10.0 Å². The fraction of sp³-hybridized carbons (Fsp3) is 0.364. The van der Waals surface area contributed by atoms with Crippen LogP contribution in [0.25, 0.3) is 11.3 Å². The number of halogens is 3. The molecule has 1 unspecified atom stereocenters. The molecule has 0 aliphatic heterocycles. The van der Waals surface area contributed by atoms with Crippen molar-refractivity contribution in [3.63, 3.8) is 0 Å². The maximum atomic E-state index is 13.0. The molecule has 1 heterocycles. The van der Waals surface area contributed by atoms with E-state index in [2.05, 4.69) is 9.72 Å². The van der Waals surface area contributed by atoms with Crippen molar-refractivity contribution in [1.82, 2.24) is 10.3 Å². The average Bonchev–Trinajstić information content (AvgIpc) is 2.78. The number of H-pyrrole nitrogens is 1. The molecular weight excluding hydrogens is 507 g/mol. The topological polar surface area (TPSA) is 151 Å². The van der Waals surface area contributed by atoms with Gasteiger partial charge in [-0.15, -0.1) is 0 Å². The monoisotopic (exact) mass is 531 g/mol. The first-order chi connectivity index (χ1) is 16.6. The Balaban J connectivity index is 2.49. The number of Topliss-reactive ketones (excluding diaryl/α,β-unsaturated/α-hetero) is 1. The van der Waals surface area contributed by atoms with Crippen molar-refractivity contribution in [2.24, 2.45) is 5.92 Å². The first kappa shape index (κ1) is 28.6. The highest BCUT2D eigenvalue weighted by atomic mass is 32.2. The maximum absolute atomic E-state index is 13.0. The number of sulfonamides is 1. The number of aromatic amines is 1. The summed E-state index contributed by atoms with van der Waals surface area (Å²) >= 11 is 0. The lowest BCUT2D eigenvalue weighted by Crippen LogP contribution is -2.50. The number of nitrogens with one attached hydrogen (secondary N) is 3. The second kappa shape index (κ2) is 11.4. The van der Waals surface area contributed by atoms with Crippen molar-refractivity contribution in [3.8, 4) is 11.3 Å². The van der Waals surface area contributed by atoms with Crippen LogP contribution in [0.3, 0.4) is 0 Å². The number of anilines is 1. The molecule has 3 N–H and O–H groups in total. The van der Waals surface area contributed by atoms with E-state index in [4.69, 9.17) is 0 Å². The van der Waals surface area contributed by atoms with Crippen molar-refractivity contribution in [2.75, 3.05) is 17.6 Å². The van der Waals surface area contributed by atoms with Crippen LogP contribution in [0.1, 0.15) is 19.4 Å². The molecule has 0 spiro atoms. The van der Waals surface area contributed by atoms with E-state index in [-0.39, 0.29) is 11.3 Å². The summed E-state index contributed by atoms with van der Waals surface area (Å²) in [5.41, 5.74) is -1.11. The van der Waals surface area contributed by atoms with Gasteiger partial charge < -0.3 is 15.0 Å². The second-order valence-corrected chi connectivity index (χ2v) is 9.77. The first-order valence-corrected chi connectivity index (χ1v) is 12.1. The van der Waals surface area contributed by atoms with E-state index in [1.54, 1.807) is 30.3 Å². The number of amides is 1. The number of carbonyl (C=O) groups excluding carboxylic acids is 3. The van der Waals surface area contributed by atoms with Crippen LogP contribution >= 0.6 is 0 Å². The largest absolute Gasteiger partial charge is 0.468 e. The highest BCUT2D eigenvalue weighted by molar-refractivity contribution is 7.93. The van der Waals surface area contributed by atoms with Gasteiger partial charge in [0.1, 0.15) is 5.69 Å². The Hall–Kier alpha value is -3.68. The zero-order valence-corrected chi connectivity index (χ0v) is 20.2. The summed E-state index contributed by atoms with van der Waals surface area (Å²) in [6, 6.07) is 7.62. The number of methoxy groups -OCH3 is 1. The first-order valence-electron chi connectivity index (χ1n) is 10.4. The third-order valence-corrected chi connectivity index (χ3v) is 6.02. The van der Waals surface area contributed by atoms with Gasteiger partial charge in [0, 0.05) is 5.69 Å². The summed E-state index contributed by atoms with van der Waals surface area (Å²) in [6.07, 6.45) is -5.95. The highest BCUT2D eigenvalue weighted by Crippen LogP contribution is 2.23. The van der Waals surface area contributed by atoms with E-state index in [1.165, 1.54) is 19.9 Å². The molecule has 0 bridgehead atoms. The molecule has 1 atom stereocenters. The Kier molecular flexibility index (Phi) is 9.02. The van der Waals surface area contributed by atoms with Gasteiger partial charge >= 0.3 is 12.1 Å². The Morgan fingerprint density at radius 2 is 1.72 bits per heavy atom. The minimum Gasteiger partial charge on any atom is -0.468 e. The Morgan fingerprint density at radius 3 is 2.25 bits per heavy atom. The standard InChI is InChI=1S/C22H24F3N3O7S/c1-12(2)18(20(31)22(23,24)25)27-16(29)10-14-9-15(13-7-5-4-6-8-13)26-21(32)19(14)28-36(33,34)11-17(30)35-3/h4-9,12,18,28H,10-11H2,1-3H3,(H,26,32)(H,27,29). The third-order valence-electron chi connectivity index (χ3n) is 4.89. The molecule has 1 amide bonds. The zero-order chi connectivity index (χ0) is 27.3. The molecule has 1 aromatic carbocycles. The van der Waals surface area contributed by atoms with Gasteiger partial charge in [-0.3, -0.25) is 23.9 Å². The summed E-state index contributed by atoms with van der Waals surface area (Å²) in [5.74, 6) is -6.39. The molecule has 0 fully saturated rings. The van der Waals surface area contributed by atoms with Crippen molar-refractivity contribution in [2.45, 2.75) is 32.5 Å². The van der Waals surface area contributed by atoms with Crippen LogP contribution in [0.5, 0.6) is 0 Å². The van der Waals surface area contributed by atoms with E-state index in [0.717, 1.165) is 7.11 Å². The number of benzene rings is 1. The summed E-state index contributed by atoms with van der Waals surface area (Å²) < 4.78 is 69.8. The molecule has 10 nitrogen and oxygen atoms in total. The van der Waals surface area contributed by atoms with Crippen LogP contribution in [0.15, 0.2) is 41.2 Å². The molecule has 0 aliphatic rings. The van der Waals surface area contributed by atoms with Gasteiger partial charge in [-0.25, -0.2) is 8.42 Å². The molecule has 36 heavy (non-hydrogen) atoms. The lowest BCUT2D eigenvalue weighted by Gasteiger charge is -2.22. The predicted molar refractivity (Wildman–Crippen MR) is 123 cm³/mol. The highest BCUT2D eigenvalue weighted by Gasteiger charge is 2.45. The Labute approximate surface area is 204 Å². The fourth-order valence-corrected chi connectivity index (χ4v) is 4.19. The average molecular weight is 532 g/mol. The van der Waals surface area contributed by atoms with Gasteiger partial charge in [0.05, 0.1) is 19.6 Å². The number of esters is 1. The normalized spacial score (nSPS) is 12.6. The molecule has 0 saturated heterocycles. The van der Waals surface area contributed by atoms with Gasteiger partial charge in [-0.1, -0.05) is 44.2 Å². The summed E-state index contributed by atoms with van der Waals surface area (Å²) in [5, 5.41) is 2.01. The van der Waals surface area contributed by atoms with Gasteiger partial charge in [0.2, 0.25) is 15.9 Å². The number of alkyl halides is 3. The number of hydrogen-bond acceptors (Lipinski definition) is 7. The van der Waals surface area contributed by atoms with E-state index >= 15 is 0 Å². The zero-order valence-electron chi connectivity index (χ0n) is 19.4. The SMILES string of the molecule is COC(=O)CS(=O)(=O)Nc1c(CC(=O)NC(C(=O)C(F)(F)F)C(C)C)cc(-c2ccccc2)[nH]c1=O. The minimum absolute atomic E-state index is 0.186. The molecule has 1 aromatic heterocycles. The van der Waals surface area contributed by atoms with Crippen LogP contribution in [0.4, 0.5) is 18.9 Å². The number of carbonyl (C=O) groups is 3. The second-order valence-electron chi connectivity index (χ2n) is 8.04. The number of ether oxygens (including phenoxy) is 1. The van der Waals surface area contributed by atoms with Gasteiger partial charge in [-0.2, -0.15) is 13.2 Å². The number of rotatable bonds is 10. The van der Waals surface area contributed by atoms with Crippen LogP contribution in [-0.4, -0.2) is 56.1 Å². The van der Waals surface area contributed by atoms with Crippen LogP contribution in [0, 0.1) is 5.92 Å². The lowest BCUT2D eigenvalue weighted by molar-refractivity contribution is -0.174. The van der Waals surface area contributed by atoms with Crippen molar-refractivity contribution >= 4 is 33.4 Å². The molecule has 2 aromatic rings. The van der Waals surface area contributed by atoms with Crippen molar-refractivity contribution in [1.29, 1.82) is 0 Å². The van der Waals surface area contributed by atoms with Crippen molar-refractivity contribution < 1.29 is 40.7 Å². The predicted octanol–water partition coefficient (Wildman–Crippen LogP) is 1.77. The number of hydrogen-bond donors (Lipinski definition) is 3. The van der Waals surface area contributed by atoms with Crippen molar-refractivity contribution in [3.05, 3.63) is 52.3 Å². The molecule has 0 saturated carbocycles. The number of pyridine rings is 1. The minimum atomic E-state index is -5.19. The molecular formula is C22H24F3N3O7S. The molecule has 0 aliphatic carbocycles. The fourth-order valence-electron chi connectivity index (χ4n) is 3.15. The molecule has 14 heteroatoms. The van der Waals surface area contributed by atoms with E-state index in [0.29, 0.717) is 5.56 Å². The lowest BCUT2D eigenvalue weighted by atomic mass is 9.98. The van der Waals surface area contributed by atoms with Crippen LogP contribution in [-0.2, 0) is 35.6 Å². The summed E-state index contributed by atoms with van der Waals surface area (Å²) in [6.45, 7) is 2.61. The number of ketones is 1. The Morgan fingerprint density at radius 1 is 1.11 bits per heavy atom. The van der Waals surface area contributed by atoms with E-state index in [9.17, 15) is 40.8 Å². The summed E-state index contributed by atoms with van der Waals surface area (Å²) in [7, 11) is -3.49. The molecule has 0 radical (unpaired) electrons. The molecule has 196 valence electrons. The third kappa shape index (κ3) is 7.66. The Bertz CT molecular complexity index is 1290. The van der Waals surface area contributed by atoms with Gasteiger partial charge in [0.25, 0.3) is 11.3 Å². The number of aromatic nitrogens is 1. The van der Waals surface area contributed by atoms with Crippen LogP contribution < -0.4 is 15.6 Å². The molecule has 2 rings (SSSR count). The van der Waals surface area contributed by atoms with Gasteiger partial charge in [-0.05, 0) is 23.1 Å². The smallest absolute Gasteiger partial charge is 0.452 e. The quantitative estimate of drug-likeness (QED) is 0.395. The summed E-state index contributed by atoms with van der Waals surface area (Å²) in [4.78, 5) is 51.1. The van der Waals surface area contributed by atoms with Crippen LogP contribution in [0.2, 0.25) is 0 Å². The van der Waals surface area contributed by atoms with Gasteiger partial charge in [0.15, 0.2) is 5.75 Å². The maximum Gasteiger partial charge on any atom is 0.452 e.